The van der Waals surface area contributed by atoms with E-state index < -0.39 is 0 Å². The fourth-order valence-corrected chi connectivity index (χ4v) is 2.74. The number of nitrogens with one attached hydrogen (secondary N) is 1. The molecule has 21 heavy (non-hydrogen) atoms. The van der Waals surface area contributed by atoms with Crippen LogP contribution in [0.2, 0.25) is 5.02 Å². The molecule has 1 unspecified atom stereocenters. The summed E-state index contributed by atoms with van der Waals surface area (Å²) in [6, 6.07) is 4.29. The fourth-order valence-electron chi connectivity index (χ4n) is 2.49. The van der Waals surface area contributed by atoms with Gasteiger partial charge in [0.1, 0.15) is 0 Å². The first-order valence-corrected chi connectivity index (χ1v) is 7.66. The standard InChI is InChI=1S/C15H22ClN5/c1-3-12(4-2)21-8-6-11(20-21)9-15(19-17)13-5-7-18-10-14(13)16/h5-8,10,12,15,19H,3-4,9,17H2,1-2H3. The zero-order chi connectivity index (χ0) is 15.2. The van der Waals surface area contributed by atoms with Crippen molar-refractivity contribution in [3.63, 3.8) is 0 Å². The Morgan fingerprint density at radius 2 is 2.10 bits per heavy atom. The Labute approximate surface area is 130 Å². The van der Waals surface area contributed by atoms with Gasteiger partial charge in [-0.05, 0) is 30.5 Å². The van der Waals surface area contributed by atoms with Gasteiger partial charge in [-0.15, -0.1) is 0 Å². The van der Waals surface area contributed by atoms with Crippen molar-refractivity contribution in [3.8, 4) is 0 Å². The van der Waals surface area contributed by atoms with Gasteiger partial charge in [0.2, 0.25) is 0 Å². The van der Waals surface area contributed by atoms with Crippen LogP contribution >= 0.6 is 11.6 Å². The number of aromatic nitrogens is 3. The van der Waals surface area contributed by atoms with E-state index in [2.05, 4.69) is 29.4 Å². The van der Waals surface area contributed by atoms with Crippen molar-refractivity contribution in [2.45, 2.75) is 45.2 Å². The summed E-state index contributed by atoms with van der Waals surface area (Å²) in [4.78, 5) is 4.00. The van der Waals surface area contributed by atoms with E-state index in [-0.39, 0.29) is 6.04 Å². The second kappa shape index (κ2) is 7.54. The van der Waals surface area contributed by atoms with Crippen molar-refractivity contribution in [1.29, 1.82) is 0 Å². The number of halogens is 1. The number of hydrazine groups is 1. The fraction of sp³-hybridized carbons (Fsp3) is 0.467. The van der Waals surface area contributed by atoms with Crippen LogP contribution in [0, 0.1) is 0 Å². The molecule has 0 aliphatic carbocycles. The Morgan fingerprint density at radius 3 is 2.71 bits per heavy atom. The number of rotatable bonds is 7. The van der Waals surface area contributed by atoms with Crippen molar-refractivity contribution in [2.24, 2.45) is 5.84 Å². The molecule has 2 aromatic heterocycles. The Balaban J connectivity index is 2.14. The van der Waals surface area contributed by atoms with Crippen molar-refractivity contribution in [2.75, 3.05) is 0 Å². The van der Waals surface area contributed by atoms with E-state index in [4.69, 9.17) is 17.4 Å². The molecule has 0 radical (unpaired) electrons. The third-order valence-electron chi connectivity index (χ3n) is 3.77. The highest BCUT2D eigenvalue weighted by Gasteiger charge is 2.16. The van der Waals surface area contributed by atoms with Crippen LogP contribution in [0.5, 0.6) is 0 Å². The highest BCUT2D eigenvalue weighted by atomic mass is 35.5. The smallest absolute Gasteiger partial charge is 0.0644 e. The minimum Gasteiger partial charge on any atom is -0.271 e. The van der Waals surface area contributed by atoms with E-state index in [0.29, 0.717) is 17.5 Å². The second-order valence-corrected chi connectivity index (χ2v) is 5.49. The normalized spacial score (nSPS) is 12.8. The summed E-state index contributed by atoms with van der Waals surface area (Å²) in [5.74, 6) is 5.68. The maximum atomic E-state index is 6.18. The van der Waals surface area contributed by atoms with Crippen LogP contribution in [0.1, 0.15) is 50.0 Å². The Kier molecular flexibility index (Phi) is 5.73. The molecule has 0 spiro atoms. The molecule has 3 N–H and O–H groups in total. The first kappa shape index (κ1) is 15.9. The number of hydrogen-bond donors (Lipinski definition) is 2. The number of hydrogen-bond acceptors (Lipinski definition) is 4. The molecule has 2 heterocycles. The molecule has 0 amide bonds. The van der Waals surface area contributed by atoms with E-state index in [9.17, 15) is 0 Å². The van der Waals surface area contributed by atoms with Gasteiger partial charge in [-0.25, -0.2) is 0 Å². The molecule has 5 nitrogen and oxygen atoms in total. The summed E-state index contributed by atoms with van der Waals surface area (Å²) >= 11 is 6.18. The minimum atomic E-state index is -0.0782. The first-order chi connectivity index (χ1) is 10.2. The lowest BCUT2D eigenvalue weighted by atomic mass is 10.0. The molecule has 114 valence electrons. The maximum absolute atomic E-state index is 6.18. The van der Waals surface area contributed by atoms with Crippen LogP contribution in [0.15, 0.2) is 30.7 Å². The van der Waals surface area contributed by atoms with E-state index in [0.717, 1.165) is 24.1 Å². The SMILES string of the molecule is CCC(CC)n1ccc(CC(NN)c2ccncc2Cl)n1. The zero-order valence-corrected chi connectivity index (χ0v) is 13.2. The van der Waals surface area contributed by atoms with E-state index >= 15 is 0 Å². The number of nitrogens with two attached hydrogens (primary N) is 1. The summed E-state index contributed by atoms with van der Waals surface area (Å²) < 4.78 is 2.04. The van der Waals surface area contributed by atoms with Crippen molar-refractivity contribution >= 4 is 11.6 Å². The van der Waals surface area contributed by atoms with Gasteiger partial charge in [-0.3, -0.25) is 20.9 Å². The number of nitrogens with zero attached hydrogens (tertiary/aromatic N) is 3. The molecule has 0 aliphatic heterocycles. The highest BCUT2D eigenvalue weighted by molar-refractivity contribution is 6.31. The topological polar surface area (TPSA) is 68.8 Å². The Hall–Kier alpha value is -1.43. The largest absolute Gasteiger partial charge is 0.271 e. The molecule has 2 aromatic rings. The van der Waals surface area contributed by atoms with Gasteiger partial charge >= 0.3 is 0 Å². The van der Waals surface area contributed by atoms with Gasteiger partial charge < -0.3 is 0 Å². The van der Waals surface area contributed by atoms with Gasteiger partial charge in [0.05, 0.1) is 22.8 Å². The third kappa shape index (κ3) is 3.81. The van der Waals surface area contributed by atoms with Gasteiger partial charge in [0.15, 0.2) is 0 Å². The molecule has 0 saturated carbocycles. The lowest BCUT2D eigenvalue weighted by molar-refractivity contribution is 0.422. The van der Waals surface area contributed by atoms with Gasteiger partial charge in [0.25, 0.3) is 0 Å². The molecule has 0 saturated heterocycles. The lowest BCUT2D eigenvalue weighted by Gasteiger charge is -2.16. The van der Waals surface area contributed by atoms with Crippen LogP contribution < -0.4 is 11.3 Å². The van der Waals surface area contributed by atoms with Crippen LogP contribution in [0.4, 0.5) is 0 Å². The van der Waals surface area contributed by atoms with Gasteiger partial charge in [-0.1, -0.05) is 25.4 Å². The molecule has 0 aliphatic rings. The molecule has 2 rings (SSSR count). The van der Waals surface area contributed by atoms with Crippen molar-refractivity contribution in [3.05, 3.63) is 47.0 Å². The van der Waals surface area contributed by atoms with Crippen LogP contribution in [0.25, 0.3) is 0 Å². The monoisotopic (exact) mass is 307 g/mol. The Morgan fingerprint density at radius 1 is 1.33 bits per heavy atom. The lowest BCUT2D eigenvalue weighted by Crippen LogP contribution is -2.30. The van der Waals surface area contributed by atoms with Crippen LogP contribution in [-0.2, 0) is 6.42 Å². The summed E-state index contributed by atoms with van der Waals surface area (Å²) in [6.07, 6.45) is 8.22. The molecule has 0 bridgehead atoms. The van der Waals surface area contributed by atoms with E-state index in [1.54, 1.807) is 12.4 Å². The first-order valence-electron chi connectivity index (χ1n) is 7.29. The predicted molar refractivity (Wildman–Crippen MR) is 84.9 cm³/mol. The molecule has 0 aromatic carbocycles. The summed E-state index contributed by atoms with van der Waals surface area (Å²) in [5, 5.41) is 5.27. The van der Waals surface area contributed by atoms with Crippen LogP contribution in [-0.4, -0.2) is 14.8 Å². The third-order valence-corrected chi connectivity index (χ3v) is 4.09. The minimum absolute atomic E-state index is 0.0782. The average molecular weight is 308 g/mol. The van der Waals surface area contributed by atoms with Crippen molar-refractivity contribution < 1.29 is 0 Å². The van der Waals surface area contributed by atoms with Crippen molar-refractivity contribution in [1.82, 2.24) is 20.2 Å². The summed E-state index contributed by atoms with van der Waals surface area (Å²) in [6.45, 7) is 4.35. The van der Waals surface area contributed by atoms with Gasteiger partial charge in [0, 0.05) is 25.0 Å². The summed E-state index contributed by atoms with van der Waals surface area (Å²) in [7, 11) is 0. The maximum Gasteiger partial charge on any atom is 0.0644 e. The Bertz CT molecular complexity index is 565. The van der Waals surface area contributed by atoms with E-state index in [1.807, 2.05) is 23.0 Å². The summed E-state index contributed by atoms with van der Waals surface area (Å²) in [5.41, 5.74) is 4.75. The quantitative estimate of drug-likeness (QED) is 0.609. The molecular formula is C15H22ClN5. The second-order valence-electron chi connectivity index (χ2n) is 5.08. The molecule has 0 fully saturated rings. The van der Waals surface area contributed by atoms with Gasteiger partial charge in [-0.2, -0.15) is 5.10 Å². The number of pyridine rings is 1. The highest BCUT2D eigenvalue weighted by Crippen LogP contribution is 2.24. The predicted octanol–water partition coefficient (Wildman–Crippen LogP) is 3.04. The van der Waals surface area contributed by atoms with Crippen LogP contribution in [0.3, 0.4) is 0 Å². The van der Waals surface area contributed by atoms with E-state index in [1.165, 1.54) is 0 Å². The zero-order valence-electron chi connectivity index (χ0n) is 12.5. The molecular weight excluding hydrogens is 286 g/mol. The molecule has 6 heteroatoms. The molecule has 1 atom stereocenters. The average Bonchev–Trinajstić information content (AvgIpc) is 2.95.